The fraction of sp³-hybridized carbons (Fsp3) is 0.875. The summed E-state index contributed by atoms with van der Waals surface area (Å²) in [5.41, 5.74) is -0.838. The molecule has 0 aliphatic carbocycles. The lowest BCUT2D eigenvalue weighted by Gasteiger charge is -2.30. The maximum atomic E-state index is 12.9. The number of hydrogen-bond donors (Lipinski definition) is 0. The maximum Gasteiger partial charge on any atom is 0.312 e. The molecule has 202 valence electrons. The van der Waals surface area contributed by atoms with Gasteiger partial charge in [0.05, 0.1) is 52.6 Å². The number of unbranched alkanes of at least 4 members (excludes halogenated alkanes) is 1. The third-order valence-corrected chi connectivity index (χ3v) is 5.82. The van der Waals surface area contributed by atoms with Gasteiger partial charge in [-0.05, 0) is 19.8 Å². The molecular weight excluding hydrogens is 466 g/mol. The first-order valence-electron chi connectivity index (χ1n) is 10.2. The van der Waals surface area contributed by atoms with Crippen molar-refractivity contribution < 1.29 is 45.5 Å². The number of halogens is 1. The lowest BCUT2D eigenvalue weighted by Crippen LogP contribution is -3.00. The van der Waals surface area contributed by atoms with Crippen LogP contribution < -0.4 is 12.4 Å². The average molecular weight is 518 g/mol. The van der Waals surface area contributed by atoms with Gasteiger partial charge in [-0.15, -0.1) is 0 Å². The van der Waals surface area contributed by atoms with Gasteiger partial charge in [0.25, 0.3) is 0 Å². The SMILES string of the molecule is C.C.C.CCCCOC(=O)C(C)CC(C)(CSCCC(=O)OC)C(=O)OCC[N+](C)(C)C.[Cl-]. The number of carbonyl (C=O) groups is 3. The molecule has 0 fully saturated rings. The number of quaternary nitrogens is 1. The molecule has 0 radical (unpaired) electrons. The lowest BCUT2D eigenvalue weighted by molar-refractivity contribution is -0.870. The smallest absolute Gasteiger partial charge is 0.312 e. The van der Waals surface area contributed by atoms with E-state index in [2.05, 4.69) is 4.74 Å². The van der Waals surface area contributed by atoms with E-state index in [4.69, 9.17) is 9.47 Å². The van der Waals surface area contributed by atoms with Crippen LogP contribution in [0.2, 0.25) is 0 Å². The van der Waals surface area contributed by atoms with Crippen molar-refractivity contribution >= 4 is 29.7 Å². The summed E-state index contributed by atoms with van der Waals surface area (Å²) < 4.78 is 16.2. The molecule has 2 unspecified atom stereocenters. The normalized spacial score (nSPS) is 12.8. The highest BCUT2D eigenvalue weighted by Gasteiger charge is 2.38. The van der Waals surface area contributed by atoms with Crippen LogP contribution in [0, 0.1) is 11.3 Å². The van der Waals surface area contributed by atoms with Crippen LogP contribution in [0.3, 0.4) is 0 Å². The third kappa shape index (κ3) is 20.1. The van der Waals surface area contributed by atoms with Crippen molar-refractivity contribution in [2.75, 3.05) is 59.5 Å². The van der Waals surface area contributed by atoms with Crippen molar-refractivity contribution in [3.05, 3.63) is 0 Å². The lowest BCUT2D eigenvalue weighted by atomic mass is 9.83. The Morgan fingerprint density at radius 1 is 1.03 bits per heavy atom. The Morgan fingerprint density at radius 2 is 1.61 bits per heavy atom. The molecule has 0 amide bonds. The highest BCUT2D eigenvalue weighted by molar-refractivity contribution is 7.99. The van der Waals surface area contributed by atoms with Crippen LogP contribution >= 0.6 is 11.8 Å². The van der Waals surface area contributed by atoms with Gasteiger partial charge in [-0.1, -0.05) is 42.5 Å². The summed E-state index contributed by atoms with van der Waals surface area (Å²) in [6.45, 7) is 7.06. The minimum Gasteiger partial charge on any atom is -1.00 e. The van der Waals surface area contributed by atoms with E-state index in [-0.39, 0.29) is 59.0 Å². The second-order valence-electron chi connectivity index (χ2n) is 8.72. The number of thioether (sulfide) groups is 1. The Morgan fingerprint density at radius 3 is 2.09 bits per heavy atom. The summed E-state index contributed by atoms with van der Waals surface area (Å²) in [5, 5.41) is 0. The first-order valence-corrected chi connectivity index (χ1v) is 11.4. The standard InChI is InChI=1S/C21H40NO6S.3CH4.ClH/c1-8-9-12-27-19(24)17(2)15-21(3,16-29-14-10-18(23)26-7)20(25)28-13-11-22(4,5)6;;;;/h17H,8-16H2,1-7H3;3*1H4;1H/q+1;;;;/p-1. The summed E-state index contributed by atoms with van der Waals surface area (Å²) in [6.07, 6.45) is 2.40. The van der Waals surface area contributed by atoms with E-state index < -0.39 is 11.3 Å². The Labute approximate surface area is 214 Å². The molecule has 0 aromatic rings. The van der Waals surface area contributed by atoms with Crippen LogP contribution in [0.4, 0.5) is 0 Å². The maximum absolute atomic E-state index is 12.9. The molecule has 0 saturated heterocycles. The molecule has 7 nitrogen and oxygen atoms in total. The Hall–Kier alpha value is -0.990. The summed E-state index contributed by atoms with van der Waals surface area (Å²) in [7, 11) is 7.45. The molecule has 0 aliphatic rings. The molecule has 0 aromatic heterocycles. The van der Waals surface area contributed by atoms with E-state index in [9.17, 15) is 14.4 Å². The van der Waals surface area contributed by atoms with Gasteiger partial charge in [0.1, 0.15) is 13.2 Å². The largest absolute Gasteiger partial charge is 1.00 e. The van der Waals surface area contributed by atoms with E-state index in [1.54, 1.807) is 6.92 Å². The zero-order valence-corrected chi connectivity index (χ0v) is 21.2. The molecular formula is C24H52ClNO6S. The van der Waals surface area contributed by atoms with Gasteiger partial charge in [0.2, 0.25) is 0 Å². The van der Waals surface area contributed by atoms with Crippen LogP contribution in [0.5, 0.6) is 0 Å². The van der Waals surface area contributed by atoms with E-state index in [1.165, 1.54) is 18.9 Å². The highest BCUT2D eigenvalue weighted by Crippen LogP contribution is 2.33. The summed E-state index contributed by atoms with van der Waals surface area (Å²) in [6, 6.07) is 0. The first kappa shape index (κ1) is 42.2. The van der Waals surface area contributed by atoms with E-state index in [1.807, 2.05) is 35.0 Å². The number of likely N-dealkylation sites (N-methyl/N-ethyl adjacent to an activating group) is 1. The minimum atomic E-state index is -0.838. The molecule has 0 bridgehead atoms. The van der Waals surface area contributed by atoms with Crippen molar-refractivity contribution in [1.82, 2.24) is 0 Å². The predicted octanol–water partition coefficient (Wildman–Crippen LogP) is 1.82. The molecule has 0 N–H and O–H groups in total. The van der Waals surface area contributed by atoms with Crippen LogP contribution in [0.1, 0.15) is 68.7 Å². The first-order chi connectivity index (χ1) is 13.4. The Balaban J connectivity index is -0.000000653. The van der Waals surface area contributed by atoms with Crippen LogP contribution in [-0.4, -0.2) is 81.9 Å². The molecule has 0 heterocycles. The van der Waals surface area contributed by atoms with Gasteiger partial charge in [0, 0.05) is 11.5 Å². The van der Waals surface area contributed by atoms with Gasteiger partial charge < -0.3 is 31.1 Å². The average Bonchev–Trinajstić information content (AvgIpc) is 2.63. The van der Waals surface area contributed by atoms with Gasteiger partial charge in [-0.3, -0.25) is 14.4 Å². The fourth-order valence-corrected chi connectivity index (χ4v) is 3.70. The highest BCUT2D eigenvalue weighted by atomic mass is 35.5. The Kier molecular flexibility index (Phi) is 27.5. The number of methoxy groups -OCH3 is 1. The van der Waals surface area contributed by atoms with E-state index in [0.29, 0.717) is 42.2 Å². The number of hydrogen-bond acceptors (Lipinski definition) is 7. The van der Waals surface area contributed by atoms with E-state index >= 15 is 0 Å². The summed E-state index contributed by atoms with van der Waals surface area (Å²) >= 11 is 1.49. The van der Waals surface area contributed by atoms with Crippen molar-refractivity contribution in [2.24, 2.45) is 11.3 Å². The zero-order valence-electron chi connectivity index (χ0n) is 19.6. The number of ether oxygens (including phenoxy) is 3. The number of rotatable bonds is 15. The predicted molar refractivity (Wildman–Crippen MR) is 136 cm³/mol. The Bertz CT molecular complexity index is 528. The monoisotopic (exact) mass is 517 g/mol. The summed E-state index contributed by atoms with van der Waals surface area (Å²) in [5.74, 6) is -0.293. The molecule has 0 saturated carbocycles. The van der Waals surface area contributed by atoms with Crippen LogP contribution in [0.25, 0.3) is 0 Å². The number of carbonyl (C=O) groups excluding carboxylic acids is 3. The minimum absolute atomic E-state index is 0. The molecule has 0 spiro atoms. The van der Waals surface area contributed by atoms with Crippen molar-refractivity contribution in [3.8, 4) is 0 Å². The van der Waals surface area contributed by atoms with E-state index in [0.717, 1.165) is 12.8 Å². The van der Waals surface area contributed by atoms with Crippen molar-refractivity contribution in [1.29, 1.82) is 0 Å². The number of esters is 3. The van der Waals surface area contributed by atoms with Gasteiger partial charge in [-0.2, -0.15) is 11.8 Å². The van der Waals surface area contributed by atoms with Gasteiger partial charge >= 0.3 is 17.9 Å². The quantitative estimate of drug-likeness (QED) is 0.142. The molecule has 0 aliphatic heterocycles. The topological polar surface area (TPSA) is 78.9 Å². The van der Waals surface area contributed by atoms with Gasteiger partial charge in [0.15, 0.2) is 0 Å². The van der Waals surface area contributed by atoms with Crippen LogP contribution in [0.15, 0.2) is 0 Å². The van der Waals surface area contributed by atoms with Crippen molar-refractivity contribution in [3.63, 3.8) is 0 Å². The second-order valence-corrected chi connectivity index (χ2v) is 9.82. The molecule has 33 heavy (non-hydrogen) atoms. The van der Waals surface area contributed by atoms with Crippen LogP contribution in [-0.2, 0) is 28.6 Å². The summed E-state index contributed by atoms with van der Waals surface area (Å²) in [4.78, 5) is 36.5. The molecule has 0 rings (SSSR count). The third-order valence-electron chi connectivity index (χ3n) is 4.49. The number of nitrogens with zero attached hydrogens (tertiary/aromatic N) is 1. The molecule has 9 heteroatoms. The fourth-order valence-electron chi connectivity index (χ4n) is 2.56. The van der Waals surface area contributed by atoms with Gasteiger partial charge in [-0.25, -0.2) is 0 Å². The molecule has 0 aromatic carbocycles. The zero-order chi connectivity index (χ0) is 22.5. The van der Waals surface area contributed by atoms with Crippen molar-refractivity contribution in [2.45, 2.75) is 68.7 Å². The molecule has 2 atom stereocenters. The second kappa shape index (κ2) is 21.5.